The van der Waals surface area contributed by atoms with Crippen LogP contribution in [0.4, 0.5) is 0 Å². The van der Waals surface area contributed by atoms with Gasteiger partial charge in [-0.05, 0) is 60.9 Å². The lowest BCUT2D eigenvalue weighted by molar-refractivity contribution is -0.121. The highest BCUT2D eigenvalue weighted by molar-refractivity contribution is 7.89. The van der Waals surface area contributed by atoms with E-state index in [1.165, 1.54) is 6.21 Å². The molecule has 0 aromatic heterocycles. The number of hydrogen-bond donors (Lipinski definition) is 2. The first-order valence-corrected chi connectivity index (χ1v) is 12.5. The van der Waals surface area contributed by atoms with E-state index >= 15 is 0 Å². The topological polar surface area (TPSA) is 96.9 Å². The van der Waals surface area contributed by atoms with E-state index in [2.05, 4.69) is 15.2 Å². The summed E-state index contributed by atoms with van der Waals surface area (Å²) in [4.78, 5) is 12.7. The second kappa shape index (κ2) is 12.1. The summed E-state index contributed by atoms with van der Waals surface area (Å²) in [6.07, 6.45) is 2.34. The summed E-state index contributed by atoms with van der Waals surface area (Å²) in [6, 6.07) is 22.1. The van der Waals surface area contributed by atoms with Crippen LogP contribution in [0.25, 0.3) is 0 Å². The number of hydrogen-bond acceptors (Lipinski definition) is 5. The molecule has 1 atom stereocenters. The highest BCUT2D eigenvalue weighted by Gasteiger charge is 2.23. The van der Waals surface area contributed by atoms with Gasteiger partial charge in [0.05, 0.1) is 23.8 Å². The van der Waals surface area contributed by atoms with Gasteiger partial charge in [-0.1, -0.05) is 55.0 Å². The number of carbonyl (C=O) groups is 1. The van der Waals surface area contributed by atoms with E-state index in [1.54, 1.807) is 48.5 Å². The lowest BCUT2D eigenvalue weighted by Gasteiger charge is -2.18. The molecule has 3 rings (SSSR count). The molecule has 0 aliphatic heterocycles. The average molecular weight is 480 g/mol. The fourth-order valence-electron chi connectivity index (χ4n) is 3.17. The molecule has 0 unspecified atom stereocenters. The van der Waals surface area contributed by atoms with Crippen LogP contribution < -0.4 is 14.9 Å². The van der Waals surface area contributed by atoms with Crippen molar-refractivity contribution in [2.24, 2.45) is 5.10 Å². The SMILES string of the molecule is CCCOc1ccc(/C=N\NC(=O)C[C@@H](NS(=O)(=O)c2ccc(C)cc2)c2ccccc2)cc1. The Morgan fingerprint density at radius 1 is 1.00 bits per heavy atom. The van der Waals surface area contributed by atoms with Crippen LogP contribution in [-0.4, -0.2) is 27.1 Å². The second-order valence-electron chi connectivity index (χ2n) is 7.81. The number of hydrazone groups is 1. The third-order valence-corrected chi connectivity index (χ3v) is 6.46. The molecule has 0 saturated heterocycles. The quantitative estimate of drug-likeness (QED) is 0.316. The Balaban J connectivity index is 1.66. The number of nitrogens with zero attached hydrogens (tertiary/aromatic N) is 1. The highest BCUT2D eigenvalue weighted by atomic mass is 32.2. The summed E-state index contributed by atoms with van der Waals surface area (Å²) in [5.74, 6) is 0.356. The fourth-order valence-corrected chi connectivity index (χ4v) is 4.39. The van der Waals surface area contributed by atoms with Gasteiger partial charge in [0.15, 0.2) is 0 Å². The van der Waals surface area contributed by atoms with Crippen molar-refractivity contribution in [3.05, 3.63) is 95.6 Å². The molecule has 3 aromatic rings. The monoisotopic (exact) mass is 479 g/mol. The zero-order valence-electron chi connectivity index (χ0n) is 19.3. The van der Waals surface area contributed by atoms with Gasteiger partial charge in [-0.25, -0.2) is 18.6 Å². The summed E-state index contributed by atoms with van der Waals surface area (Å²) in [5, 5.41) is 4.00. The van der Waals surface area contributed by atoms with Gasteiger partial charge in [0.2, 0.25) is 15.9 Å². The number of aryl methyl sites for hydroxylation is 1. The maximum atomic E-state index is 12.9. The van der Waals surface area contributed by atoms with E-state index in [1.807, 2.05) is 44.2 Å². The van der Waals surface area contributed by atoms with Crippen LogP contribution in [0, 0.1) is 6.92 Å². The molecule has 7 nitrogen and oxygen atoms in total. The number of ether oxygens (including phenoxy) is 1. The van der Waals surface area contributed by atoms with Gasteiger partial charge in [-0.2, -0.15) is 5.10 Å². The lowest BCUT2D eigenvalue weighted by atomic mass is 10.0. The van der Waals surface area contributed by atoms with E-state index in [9.17, 15) is 13.2 Å². The van der Waals surface area contributed by atoms with Crippen molar-refractivity contribution in [2.45, 2.75) is 37.6 Å². The number of rotatable bonds is 11. The van der Waals surface area contributed by atoms with Gasteiger partial charge in [0.1, 0.15) is 5.75 Å². The standard InChI is InChI=1S/C26H29N3O4S/c1-3-17-33-23-13-11-21(12-14-23)19-27-28-26(30)18-25(22-7-5-4-6-8-22)29-34(31,32)24-15-9-20(2)10-16-24/h4-16,19,25,29H,3,17-18H2,1-2H3,(H,28,30)/b27-19-/t25-/m1/s1. The van der Waals surface area contributed by atoms with Crippen LogP contribution in [0.3, 0.4) is 0 Å². The van der Waals surface area contributed by atoms with Crippen molar-refractivity contribution >= 4 is 22.1 Å². The zero-order chi connectivity index (χ0) is 24.4. The minimum Gasteiger partial charge on any atom is -0.494 e. The van der Waals surface area contributed by atoms with Gasteiger partial charge < -0.3 is 4.74 Å². The summed E-state index contributed by atoms with van der Waals surface area (Å²) in [7, 11) is -3.82. The molecular weight excluding hydrogens is 450 g/mol. The molecule has 0 saturated carbocycles. The van der Waals surface area contributed by atoms with Crippen LogP contribution in [0.1, 0.15) is 42.5 Å². The Morgan fingerprint density at radius 3 is 2.32 bits per heavy atom. The van der Waals surface area contributed by atoms with Gasteiger partial charge in [-0.3, -0.25) is 4.79 Å². The van der Waals surface area contributed by atoms with E-state index in [-0.39, 0.29) is 11.3 Å². The van der Waals surface area contributed by atoms with Crippen molar-refractivity contribution in [2.75, 3.05) is 6.61 Å². The Labute approximate surface area is 200 Å². The van der Waals surface area contributed by atoms with Crippen LogP contribution in [0.2, 0.25) is 0 Å². The molecule has 0 heterocycles. The lowest BCUT2D eigenvalue weighted by Crippen LogP contribution is -2.32. The van der Waals surface area contributed by atoms with Crippen LogP contribution in [-0.2, 0) is 14.8 Å². The molecule has 8 heteroatoms. The Hall–Kier alpha value is -3.49. The Morgan fingerprint density at radius 2 is 1.68 bits per heavy atom. The molecule has 1 amide bonds. The van der Waals surface area contributed by atoms with Crippen molar-refractivity contribution in [3.8, 4) is 5.75 Å². The smallest absolute Gasteiger partial charge is 0.242 e. The van der Waals surface area contributed by atoms with Gasteiger partial charge >= 0.3 is 0 Å². The molecule has 0 aliphatic rings. The molecule has 0 radical (unpaired) electrons. The van der Waals surface area contributed by atoms with Gasteiger partial charge in [0, 0.05) is 6.42 Å². The molecule has 0 spiro atoms. The maximum Gasteiger partial charge on any atom is 0.242 e. The van der Waals surface area contributed by atoms with E-state index in [0.717, 1.165) is 23.3 Å². The predicted molar refractivity (Wildman–Crippen MR) is 133 cm³/mol. The van der Waals surface area contributed by atoms with Crippen molar-refractivity contribution in [1.29, 1.82) is 0 Å². The van der Waals surface area contributed by atoms with Crippen molar-refractivity contribution in [1.82, 2.24) is 10.1 Å². The van der Waals surface area contributed by atoms with Gasteiger partial charge in [0.25, 0.3) is 0 Å². The molecular formula is C26H29N3O4S. The van der Waals surface area contributed by atoms with Crippen LogP contribution in [0.15, 0.2) is 88.9 Å². The summed E-state index contributed by atoms with van der Waals surface area (Å²) in [5.41, 5.74) is 4.91. The average Bonchev–Trinajstić information content (AvgIpc) is 2.84. The maximum absolute atomic E-state index is 12.9. The van der Waals surface area contributed by atoms with E-state index in [4.69, 9.17) is 4.74 Å². The molecule has 178 valence electrons. The minimum absolute atomic E-state index is 0.115. The summed E-state index contributed by atoms with van der Waals surface area (Å²) >= 11 is 0. The first-order valence-electron chi connectivity index (χ1n) is 11.1. The Kier molecular flexibility index (Phi) is 8.95. The minimum atomic E-state index is -3.82. The molecule has 3 aromatic carbocycles. The third kappa shape index (κ3) is 7.54. The normalized spacial score (nSPS) is 12.4. The molecule has 0 aliphatic carbocycles. The van der Waals surface area contributed by atoms with E-state index in [0.29, 0.717) is 12.2 Å². The summed E-state index contributed by atoms with van der Waals surface area (Å²) in [6.45, 7) is 4.58. The number of benzene rings is 3. The number of nitrogens with one attached hydrogen (secondary N) is 2. The predicted octanol–water partition coefficient (Wildman–Crippen LogP) is 4.34. The van der Waals surface area contributed by atoms with Gasteiger partial charge in [-0.15, -0.1) is 0 Å². The summed E-state index contributed by atoms with van der Waals surface area (Å²) < 4.78 is 34.0. The van der Waals surface area contributed by atoms with E-state index < -0.39 is 22.0 Å². The number of sulfonamides is 1. The number of carbonyl (C=O) groups excluding carboxylic acids is 1. The first kappa shape index (κ1) is 25.1. The molecule has 2 N–H and O–H groups in total. The van der Waals surface area contributed by atoms with Crippen LogP contribution >= 0.6 is 0 Å². The van der Waals surface area contributed by atoms with Crippen LogP contribution in [0.5, 0.6) is 5.75 Å². The fraction of sp³-hybridized carbons (Fsp3) is 0.231. The molecule has 0 bridgehead atoms. The Bertz CT molecular complexity index is 1190. The highest BCUT2D eigenvalue weighted by Crippen LogP contribution is 2.21. The molecule has 34 heavy (non-hydrogen) atoms. The zero-order valence-corrected chi connectivity index (χ0v) is 20.1. The number of amides is 1. The van der Waals surface area contributed by atoms with Crippen molar-refractivity contribution in [3.63, 3.8) is 0 Å². The third-order valence-electron chi connectivity index (χ3n) is 4.98. The second-order valence-corrected chi connectivity index (χ2v) is 9.53. The molecule has 0 fully saturated rings. The first-order chi connectivity index (χ1) is 16.4. The van der Waals surface area contributed by atoms with Crippen molar-refractivity contribution < 1.29 is 17.9 Å². The largest absolute Gasteiger partial charge is 0.494 e.